The SMILES string of the molecule is CC(C)[Si](C#CC(COc1c(Cl)c(Br)c(F)c2nc(OC[C@@]34CCCN3C[C@H](F)C4)nc(O)c12)NCCC(F)F)(C(C)C)C(C)C. The predicted molar refractivity (Wildman–Crippen MR) is 179 cm³/mol. The van der Waals surface area contributed by atoms with Crippen LogP contribution in [0.5, 0.6) is 17.6 Å². The van der Waals surface area contributed by atoms with E-state index in [2.05, 4.69) is 89.1 Å². The van der Waals surface area contributed by atoms with Crippen molar-refractivity contribution >= 4 is 46.5 Å². The molecule has 0 radical (unpaired) electrons. The normalized spacial score (nSPS) is 21.0. The Morgan fingerprint density at radius 1 is 1.15 bits per heavy atom. The zero-order chi connectivity index (χ0) is 34.0. The lowest BCUT2D eigenvalue weighted by atomic mass is 9.95. The first-order valence-electron chi connectivity index (χ1n) is 15.9. The van der Waals surface area contributed by atoms with Crippen LogP contribution in [-0.2, 0) is 0 Å². The van der Waals surface area contributed by atoms with E-state index in [1.54, 1.807) is 0 Å². The number of nitrogens with one attached hydrogen (secondary N) is 1. The molecule has 46 heavy (non-hydrogen) atoms. The van der Waals surface area contributed by atoms with Crippen LogP contribution in [0.1, 0.15) is 67.2 Å². The molecule has 2 aliphatic rings. The molecule has 2 aliphatic heterocycles. The summed E-state index contributed by atoms with van der Waals surface area (Å²) in [4.78, 5) is 10.4. The number of fused-ring (bicyclic) bond motifs is 2. The van der Waals surface area contributed by atoms with Crippen LogP contribution in [0, 0.1) is 17.3 Å². The van der Waals surface area contributed by atoms with Crippen LogP contribution in [0.4, 0.5) is 17.6 Å². The van der Waals surface area contributed by atoms with Crippen molar-refractivity contribution in [3.8, 4) is 29.1 Å². The fourth-order valence-corrected chi connectivity index (χ4v) is 13.3. The van der Waals surface area contributed by atoms with E-state index in [-0.39, 0.29) is 58.3 Å². The van der Waals surface area contributed by atoms with Crippen molar-refractivity contribution in [1.82, 2.24) is 20.2 Å². The summed E-state index contributed by atoms with van der Waals surface area (Å²) in [7, 11) is -2.16. The minimum absolute atomic E-state index is 0.00130. The van der Waals surface area contributed by atoms with E-state index >= 15 is 4.39 Å². The predicted octanol–water partition coefficient (Wildman–Crippen LogP) is 8.06. The van der Waals surface area contributed by atoms with Gasteiger partial charge in [-0.15, -0.1) is 5.54 Å². The van der Waals surface area contributed by atoms with Gasteiger partial charge in [-0.3, -0.25) is 4.90 Å². The number of aromatic nitrogens is 2. The average molecular weight is 752 g/mol. The van der Waals surface area contributed by atoms with Gasteiger partial charge >= 0.3 is 6.01 Å². The minimum atomic E-state index is -2.49. The van der Waals surface area contributed by atoms with Crippen molar-refractivity contribution in [3.05, 3.63) is 15.3 Å². The van der Waals surface area contributed by atoms with Gasteiger partial charge in [0.05, 0.1) is 10.0 Å². The number of hydrogen-bond donors (Lipinski definition) is 2. The molecule has 0 amide bonds. The van der Waals surface area contributed by atoms with Crippen LogP contribution in [0.15, 0.2) is 4.47 Å². The maximum Gasteiger partial charge on any atom is 0.320 e. The standard InChI is InChI=1S/C32H44BrClF4N4O3Si/c1-18(2)46(19(3)4,20(5)6)13-9-22(39-11-8-23(36)37)16-44-29-24-28(27(38)25(33)26(29)34)40-31(41-30(24)43)45-17-32-10-7-12-42(32)15-21(35)14-32/h18-23,39H,7-8,10-12,14-17H2,1-6H3,(H,40,41,43)/t21-,22?,32+/m1/s1. The second-order valence-electron chi connectivity index (χ2n) is 13.4. The molecule has 2 fully saturated rings. The Labute approximate surface area is 283 Å². The third-order valence-electron chi connectivity index (χ3n) is 9.60. The molecular formula is C32H44BrClF4N4O3Si. The molecule has 0 saturated carbocycles. The van der Waals surface area contributed by atoms with Crippen molar-refractivity contribution in [3.63, 3.8) is 0 Å². The first-order valence-corrected chi connectivity index (χ1v) is 19.3. The summed E-state index contributed by atoms with van der Waals surface area (Å²) in [6, 6.07) is -0.927. The second kappa shape index (κ2) is 15.1. The van der Waals surface area contributed by atoms with E-state index < -0.39 is 43.9 Å². The average Bonchev–Trinajstić information content (AvgIpc) is 3.49. The van der Waals surface area contributed by atoms with E-state index in [0.717, 1.165) is 19.4 Å². The van der Waals surface area contributed by atoms with Crippen LogP contribution in [-0.4, -0.2) is 85.1 Å². The third-order valence-corrected chi connectivity index (χ3v) is 17.2. The fourth-order valence-electron chi connectivity index (χ4n) is 7.38. The maximum absolute atomic E-state index is 15.5. The quantitative estimate of drug-likeness (QED) is 0.0929. The maximum atomic E-state index is 15.5. The van der Waals surface area contributed by atoms with Gasteiger partial charge < -0.3 is 19.9 Å². The molecule has 0 bridgehead atoms. The molecule has 2 saturated heterocycles. The minimum Gasteiger partial charge on any atom is -0.493 e. The third kappa shape index (κ3) is 7.56. The van der Waals surface area contributed by atoms with Crippen LogP contribution >= 0.6 is 27.5 Å². The van der Waals surface area contributed by atoms with Gasteiger partial charge in [-0.1, -0.05) is 59.1 Å². The van der Waals surface area contributed by atoms with Crippen molar-refractivity contribution in [2.24, 2.45) is 0 Å². The summed E-state index contributed by atoms with van der Waals surface area (Å²) >= 11 is 9.68. The van der Waals surface area contributed by atoms with Gasteiger partial charge in [0.15, 0.2) is 11.6 Å². The van der Waals surface area contributed by atoms with Crippen molar-refractivity contribution < 1.29 is 32.1 Å². The van der Waals surface area contributed by atoms with E-state index in [9.17, 15) is 18.3 Å². The molecule has 14 heteroatoms. The van der Waals surface area contributed by atoms with Gasteiger partial charge in [0.25, 0.3) is 0 Å². The number of rotatable bonds is 13. The Kier molecular flexibility index (Phi) is 12.2. The van der Waals surface area contributed by atoms with Crippen LogP contribution in [0.3, 0.4) is 0 Å². The zero-order valence-electron chi connectivity index (χ0n) is 27.2. The van der Waals surface area contributed by atoms with E-state index in [1.807, 2.05) is 0 Å². The number of halogens is 6. The Balaban J connectivity index is 1.65. The summed E-state index contributed by atoms with van der Waals surface area (Å²) in [6.45, 7) is 14.1. The molecule has 3 atom stereocenters. The number of alkyl halides is 3. The number of hydrogen-bond acceptors (Lipinski definition) is 7. The number of aromatic hydroxyl groups is 1. The molecule has 2 aromatic rings. The molecule has 1 unspecified atom stereocenters. The summed E-state index contributed by atoms with van der Waals surface area (Å²) in [5.74, 6) is 1.73. The Bertz CT molecular complexity index is 1440. The Morgan fingerprint density at radius 3 is 2.46 bits per heavy atom. The van der Waals surface area contributed by atoms with Crippen LogP contribution in [0.25, 0.3) is 10.9 Å². The van der Waals surface area contributed by atoms with Gasteiger partial charge in [-0.2, -0.15) is 9.97 Å². The lowest BCUT2D eigenvalue weighted by molar-refractivity contribution is 0.107. The molecule has 7 nitrogen and oxygen atoms in total. The topological polar surface area (TPSA) is 79.7 Å². The molecular weight excluding hydrogens is 708 g/mol. The molecule has 2 N–H and O–H groups in total. The van der Waals surface area contributed by atoms with Crippen molar-refractivity contribution in [1.29, 1.82) is 0 Å². The highest BCUT2D eigenvalue weighted by Gasteiger charge is 2.49. The molecule has 4 rings (SSSR count). The van der Waals surface area contributed by atoms with Gasteiger partial charge in [0, 0.05) is 25.9 Å². The van der Waals surface area contributed by atoms with Gasteiger partial charge in [-0.25, -0.2) is 17.6 Å². The van der Waals surface area contributed by atoms with Gasteiger partial charge in [-0.05, 0) is 51.9 Å². The smallest absolute Gasteiger partial charge is 0.320 e. The number of benzene rings is 1. The van der Waals surface area contributed by atoms with Gasteiger partial charge in [0.2, 0.25) is 12.3 Å². The van der Waals surface area contributed by atoms with Crippen molar-refractivity contribution in [2.45, 2.75) is 108 Å². The monoisotopic (exact) mass is 750 g/mol. The van der Waals surface area contributed by atoms with E-state index in [4.69, 9.17) is 21.1 Å². The number of nitrogens with zero attached hydrogens (tertiary/aromatic N) is 3. The first kappa shape index (κ1) is 37.0. The van der Waals surface area contributed by atoms with Crippen molar-refractivity contribution in [2.75, 3.05) is 32.8 Å². The number of ether oxygens (including phenoxy) is 2. The highest BCUT2D eigenvalue weighted by atomic mass is 79.9. The largest absolute Gasteiger partial charge is 0.493 e. The summed E-state index contributed by atoms with van der Waals surface area (Å²) < 4.78 is 67.6. The lowest BCUT2D eigenvalue weighted by Gasteiger charge is -2.38. The van der Waals surface area contributed by atoms with Crippen LogP contribution in [0.2, 0.25) is 21.6 Å². The highest BCUT2D eigenvalue weighted by Crippen LogP contribution is 2.46. The van der Waals surface area contributed by atoms with Gasteiger partial charge in [0.1, 0.15) is 49.4 Å². The Morgan fingerprint density at radius 2 is 1.83 bits per heavy atom. The highest BCUT2D eigenvalue weighted by molar-refractivity contribution is 9.10. The second-order valence-corrected chi connectivity index (χ2v) is 20.1. The molecule has 3 heterocycles. The Hall–Kier alpha value is -1.85. The first-order chi connectivity index (χ1) is 21.6. The molecule has 256 valence electrons. The fraction of sp³-hybridized carbons (Fsp3) is 0.688. The molecule has 0 spiro atoms. The molecule has 1 aromatic carbocycles. The summed E-state index contributed by atoms with van der Waals surface area (Å²) in [5, 5.41) is 13.7. The zero-order valence-corrected chi connectivity index (χ0v) is 30.5. The summed E-state index contributed by atoms with van der Waals surface area (Å²) in [6.07, 6.45) is -1.82. The molecule has 1 aromatic heterocycles. The molecule has 0 aliphatic carbocycles. The lowest BCUT2D eigenvalue weighted by Crippen LogP contribution is -2.44. The summed E-state index contributed by atoms with van der Waals surface area (Å²) in [5.41, 5.74) is 3.86. The van der Waals surface area contributed by atoms with E-state index in [1.165, 1.54) is 0 Å². The van der Waals surface area contributed by atoms with E-state index in [0.29, 0.717) is 29.6 Å². The van der Waals surface area contributed by atoms with Crippen LogP contribution < -0.4 is 14.8 Å².